The third-order valence-corrected chi connectivity index (χ3v) is 3.21. The van der Waals surface area contributed by atoms with E-state index in [-0.39, 0.29) is 10.8 Å². The van der Waals surface area contributed by atoms with Crippen molar-refractivity contribution < 1.29 is 8.78 Å². The van der Waals surface area contributed by atoms with E-state index in [2.05, 4.69) is 24.5 Å². The first-order valence-corrected chi connectivity index (χ1v) is 7.00. The van der Waals surface area contributed by atoms with Crippen molar-refractivity contribution in [3.05, 3.63) is 59.7 Å². The first-order chi connectivity index (χ1) is 9.97. The molecule has 2 rings (SSSR count). The first kappa shape index (κ1) is 15.4. The second kappa shape index (κ2) is 6.63. The summed E-state index contributed by atoms with van der Waals surface area (Å²) in [5.41, 5.74) is 1.96. The maximum atomic E-state index is 13.6. The minimum Gasteiger partial charge on any atom is -0.332 e. The highest BCUT2D eigenvalue weighted by Crippen LogP contribution is 2.24. The summed E-state index contributed by atoms with van der Waals surface area (Å²) in [6, 6.07) is 10.9. The van der Waals surface area contributed by atoms with Gasteiger partial charge in [0, 0.05) is 11.8 Å². The van der Waals surface area contributed by atoms with Crippen molar-refractivity contribution in [2.75, 3.05) is 10.6 Å². The minimum absolute atomic E-state index is 0.00882. The Hall–Kier alpha value is -2.01. The van der Waals surface area contributed by atoms with Gasteiger partial charge in [0.2, 0.25) is 0 Å². The molecule has 2 nitrogen and oxygen atoms in total. The van der Waals surface area contributed by atoms with Gasteiger partial charge in [-0.15, -0.1) is 0 Å². The lowest BCUT2D eigenvalue weighted by Gasteiger charge is -2.16. The number of anilines is 2. The monoisotopic (exact) mass is 306 g/mol. The fourth-order valence-electron chi connectivity index (χ4n) is 1.98. The smallest absolute Gasteiger partial charge is 0.175 e. The number of hydrogen-bond donors (Lipinski definition) is 2. The predicted octanol–water partition coefficient (Wildman–Crippen LogP) is 4.90. The Balaban J connectivity index is 2.14. The zero-order valence-electron chi connectivity index (χ0n) is 11.8. The molecule has 0 saturated carbocycles. The van der Waals surface area contributed by atoms with E-state index in [0.717, 1.165) is 29.4 Å². The van der Waals surface area contributed by atoms with Gasteiger partial charge in [0.15, 0.2) is 5.11 Å². The van der Waals surface area contributed by atoms with Crippen molar-refractivity contribution in [1.82, 2.24) is 0 Å². The van der Waals surface area contributed by atoms with Gasteiger partial charge in [-0.05, 0) is 41.9 Å². The second-order valence-electron chi connectivity index (χ2n) is 4.95. The van der Waals surface area contributed by atoms with E-state index in [0.29, 0.717) is 5.92 Å². The summed E-state index contributed by atoms with van der Waals surface area (Å²) in [5, 5.41) is 5.90. The molecule has 0 aliphatic rings. The summed E-state index contributed by atoms with van der Waals surface area (Å²) in [4.78, 5) is 0. The van der Waals surface area contributed by atoms with Crippen LogP contribution >= 0.6 is 12.2 Å². The van der Waals surface area contributed by atoms with Gasteiger partial charge in [0.05, 0.1) is 5.69 Å². The van der Waals surface area contributed by atoms with Gasteiger partial charge in [0.1, 0.15) is 11.6 Å². The highest BCUT2D eigenvalue weighted by molar-refractivity contribution is 7.80. The first-order valence-electron chi connectivity index (χ1n) is 6.59. The Kier molecular flexibility index (Phi) is 4.85. The topological polar surface area (TPSA) is 24.1 Å². The number of thiocarbonyl (C=S) groups is 1. The van der Waals surface area contributed by atoms with Gasteiger partial charge in [-0.1, -0.05) is 32.0 Å². The fraction of sp³-hybridized carbons (Fsp3) is 0.188. The molecule has 5 heteroatoms. The third kappa shape index (κ3) is 3.98. The SMILES string of the molecule is CC(C)c1ccccc1NC(=S)Nc1cc(F)ccc1F. The van der Waals surface area contributed by atoms with Gasteiger partial charge < -0.3 is 10.6 Å². The van der Waals surface area contributed by atoms with Crippen molar-refractivity contribution in [2.24, 2.45) is 0 Å². The van der Waals surface area contributed by atoms with Gasteiger partial charge in [-0.25, -0.2) is 8.78 Å². The summed E-state index contributed by atoms with van der Waals surface area (Å²) < 4.78 is 26.7. The molecular weight excluding hydrogens is 290 g/mol. The molecule has 0 aliphatic heterocycles. The number of nitrogens with one attached hydrogen (secondary N) is 2. The number of hydrogen-bond acceptors (Lipinski definition) is 1. The van der Waals surface area contributed by atoms with E-state index in [1.54, 1.807) is 0 Å². The van der Waals surface area contributed by atoms with Crippen LogP contribution in [-0.2, 0) is 0 Å². The molecule has 0 radical (unpaired) electrons. The van der Waals surface area contributed by atoms with Crippen LogP contribution in [0.5, 0.6) is 0 Å². The molecule has 0 atom stereocenters. The number of benzene rings is 2. The number of para-hydroxylation sites is 1. The predicted molar refractivity (Wildman–Crippen MR) is 86.7 cm³/mol. The standard InChI is InChI=1S/C16H16F2N2S/c1-10(2)12-5-3-4-6-14(12)19-16(21)20-15-9-11(17)7-8-13(15)18/h3-10H,1-2H3,(H2,19,20,21). The van der Waals surface area contributed by atoms with Crippen molar-refractivity contribution in [3.63, 3.8) is 0 Å². The van der Waals surface area contributed by atoms with Crippen molar-refractivity contribution in [1.29, 1.82) is 0 Å². The molecule has 0 heterocycles. The molecule has 0 unspecified atom stereocenters. The van der Waals surface area contributed by atoms with Gasteiger partial charge in [-0.3, -0.25) is 0 Å². The summed E-state index contributed by atoms with van der Waals surface area (Å²) >= 11 is 5.16. The van der Waals surface area contributed by atoms with Crippen LogP contribution in [0.25, 0.3) is 0 Å². The molecule has 0 saturated heterocycles. The van der Waals surface area contributed by atoms with Crippen LogP contribution < -0.4 is 10.6 Å². The maximum absolute atomic E-state index is 13.6. The molecule has 0 spiro atoms. The average molecular weight is 306 g/mol. The van der Waals surface area contributed by atoms with Crippen molar-refractivity contribution in [3.8, 4) is 0 Å². The van der Waals surface area contributed by atoms with Gasteiger partial charge in [-0.2, -0.15) is 0 Å². The Morgan fingerprint density at radius 3 is 2.38 bits per heavy atom. The molecule has 21 heavy (non-hydrogen) atoms. The van der Waals surface area contributed by atoms with E-state index in [1.807, 2.05) is 24.3 Å². The molecule has 0 aromatic heterocycles. The molecule has 2 N–H and O–H groups in total. The average Bonchev–Trinajstić information content (AvgIpc) is 2.43. The molecule has 2 aromatic carbocycles. The largest absolute Gasteiger partial charge is 0.332 e. The lowest BCUT2D eigenvalue weighted by atomic mass is 10.0. The van der Waals surface area contributed by atoms with E-state index >= 15 is 0 Å². The van der Waals surface area contributed by atoms with Crippen molar-refractivity contribution >= 4 is 28.7 Å². The summed E-state index contributed by atoms with van der Waals surface area (Å²) in [6.45, 7) is 4.15. The van der Waals surface area contributed by atoms with E-state index in [9.17, 15) is 8.78 Å². The number of rotatable bonds is 3. The molecule has 110 valence electrons. The number of halogens is 2. The van der Waals surface area contributed by atoms with Crippen LogP contribution in [0.1, 0.15) is 25.3 Å². The zero-order valence-corrected chi connectivity index (χ0v) is 12.6. The highest BCUT2D eigenvalue weighted by Gasteiger charge is 2.09. The quantitative estimate of drug-likeness (QED) is 0.789. The summed E-state index contributed by atoms with van der Waals surface area (Å²) in [7, 11) is 0. The van der Waals surface area contributed by atoms with E-state index in [4.69, 9.17) is 12.2 Å². The Morgan fingerprint density at radius 2 is 1.67 bits per heavy atom. The lowest BCUT2D eigenvalue weighted by molar-refractivity contribution is 0.604. The Morgan fingerprint density at radius 1 is 1.00 bits per heavy atom. The summed E-state index contributed by atoms with van der Waals surface area (Å²) in [6.07, 6.45) is 0. The highest BCUT2D eigenvalue weighted by atomic mass is 32.1. The lowest BCUT2D eigenvalue weighted by Crippen LogP contribution is -2.20. The minimum atomic E-state index is -0.558. The normalized spacial score (nSPS) is 10.5. The third-order valence-electron chi connectivity index (χ3n) is 3.01. The van der Waals surface area contributed by atoms with Crippen LogP contribution in [0.2, 0.25) is 0 Å². The van der Waals surface area contributed by atoms with Crippen molar-refractivity contribution in [2.45, 2.75) is 19.8 Å². The zero-order chi connectivity index (χ0) is 15.4. The molecule has 0 bridgehead atoms. The van der Waals surface area contributed by atoms with E-state index < -0.39 is 11.6 Å². The summed E-state index contributed by atoms with van der Waals surface area (Å²) in [5.74, 6) is -0.760. The van der Waals surface area contributed by atoms with Crippen LogP contribution in [-0.4, -0.2) is 5.11 Å². The van der Waals surface area contributed by atoms with E-state index in [1.165, 1.54) is 0 Å². The Labute approximate surface area is 128 Å². The van der Waals surface area contributed by atoms with Crippen LogP contribution in [0, 0.1) is 11.6 Å². The molecule has 0 aliphatic carbocycles. The Bertz CT molecular complexity index is 656. The van der Waals surface area contributed by atoms with Crippen LogP contribution in [0.3, 0.4) is 0 Å². The fourth-order valence-corrected chi connectivity index (χ4v) is 2.20. The van der Waals surface area contributed by atoms with Gasteiger partial charge >= 0.3 is 0 Å². The second-order valence-corrected chi connectivity index (χ2v) is 5.35. The maximum Gasteiger partial charge on any atom is 0.175 e. The van der Waals surface area contributed by atoms with Crippen LogP contribution in [0.4, 0.5) is 20.2 Å². The molecular formula is C16H16F2N2S. The molecule has 2 aromatic rings. The molecule has 0 fully saturated rings. The van der Waals surface area contributed by atoms with Crippen LogP contribution in [0.15, 0.2) is 42.5 Å². The molecule has 0 amide bonds. The van der Waals surface area contributed by atoms with Gasteiger partial charge in [0.25, 0.3) is 0 Å².